The van der Waals surface area contributed by atoms with Gasteiger partial charge in [-0.25, -0.2) is 0 Å². The highest BCUT2D eigenvalue weighted by atomic mass is 32.2. The molecule has 0 fully saturated rings. The van der Waals surface area contributed by atoms with Gasteiger partial charge in [0.2, 0.25) is 0 Å². The number of Topliss-reactive ketones (excluding diaryl/α,β-unsaturated/α-hetero) is 1. The van der Waals surface area contributed by atoms with E-state index in [1.807, 2.05) is 33.1 Å². The first-order valence-corrected chi connectivity index (χ1v) is 16.9. The molecule has 0 saturated carbocycles. The normalized spacial score (nSPS) is 18.1. The van der Waals surface area contributed by atoms with E-state index >= 15 is 0 Å². The topological polar surface area (TPSA) is 98.9 Å². The lowest BCUT2D eigenvalue weighted by molar-refractivity contribution is -0.139. The summed E-state index contributed by atoms with van der Waals surface area (Å²) in [4.78, 5) is 23.8. The highest BCUT2D eigenvalue weighted by Gasteiger charge is 2.41. The first-order valence-electron chi connectivity index (χ1n) is 12.6. The molecule has 0 rings (SSSR count). The third-order valence-electron chi connectivity index (χ3n) is 7.20. The minimum absolute atomic E-state index is 0.0186. The molecular weight excluding hydrogens is 478 g/mol. The standard InChI is InChI=1S/C27H51NO5SSi/c1-12-19(3)25(33-35(10,11)27(6,7)8)21(5)24(32-17-34-9)14-13-20(4)23(29)16-18(2)15-22(28)26(30)31/h12-13,18,21-22,24-25H,14-17,28H2,1-11H3,(H,30,31)/b19-12+,20-13+/t18?,21-,22+,24-,25+/m0/s1. The Morgan fingerprint density at radius 2 is 1.74 bits per heavy atom. The smallest absolute Gasteiger partial charge is 0.320 e. The molecule has 8 heteroatoms. The number of ether oxygens (including phenoxy) is 1. The predicted octanol–water partition coefficient (Wildman–Crippen LogP) is 6.42. The molecule has 204 valence electrons. The molecule has 0 aromatic heterocycles. The molecule has 35 heavy (non-hydrogen) atoms. The number of aliphatic carboxylic acids is 1. The maximum absolute atomic E-state index is 12.8. The first-order chi connectivity index (χ1) is 16.0. The van der Waals surface area contributed by atoms with Crippen LogP contribution in [-0.4, -0.2) is 55.6 Å². The number of hydrogen-bond acceptors (Lipinski definition) is 6. The maximum Gasteiger partial charge on any atom is 0.320 e. The van der Waals surface area contributed by atoms with Crippen molar-refractivity contribution in [2.24, 2.45) is 17.6 Å². The van der Waals surface area contributed by atoms with E-state index in [4.69, 9.17) is 20.0 Å². The number of ketones is 1. The zero-order chi connectivity index (χ0) is 27.6. The lowest BCUT2D eigenvalue weighted by atomic mass is 9.90. The Balaban J connectivity index is 5.63. The quantitative estimate of drug-likeness (QED) is 0.103. The van der Waals surface area contributed by atoms with Gasteiger partial charge in [-0.2, -0.15) is 0 Å². The van der Waals surface area contributed by atoms with Crippen molar-refractivity contribution in [3.63, 3.8) is 0 Å². The summed E-state index contributed by atoms with van der Waals surface area (Å²) < 4.78 is 13.1. The summed E-state index contributed by atoms with van der Waals surface area (Å²) in [6.45, 7) is 21.3. The first kappa shape index (κ1) is 34.1. The monoisotopic (exact) mass is 529 g/mol. The number of carbonyl (C=O) groups excluding carboxylic acids is 1. The number of allylic oxidation sites excluding steroid dienone is 2. The number of carboxylic acid groups (broad SMARTS) is 1. The molecule has 3 N–H and O–H groups in total. The second-order valence-corrected chi connectivity index (χ2v) is 16.9. The molecule has 1 unspecified atom stereocenters. The lowest BCUT2D eigenvalue weighted by Gasteiger charge is -2.42. The molecule has 6 nitrogen and oxygen atoms in total. The van der Waals surface area contributed by atoms with E-state index in [1.54, 1.807) is 11.8 Å². The molecular formula is C27H51NO5SSi. The summed E-state index contributed by atoms with van der Waals surface area (Å²) in [6.07, 6.45) is 7.09. The van der Waals surface area contributed by atoms with E-state index in [0.29, 0.717) is 17.9 Å². The maximum atomic E-state index is 12.8. The van der Waals surface area contributed by atoms with Crippen LogP contribution in [0.25, 0.3) is 0 Å². The number of thioether (sulfide) groups is 1. The van der Waals surface area contributed by atoms with Gasteiger partial charge in [0.25, 0.3) is 0 Å². The van der Waals surface area contributed by atoms with Crippen LogP contribution in [0.2, 0.25) is 18.1 Å². The molecule has 0 aliphatic heterocycles. The highest BCUT2D eigenvalue weighted by Crippen LogP contribution is 2.40. The molecule has 0 amide bonds. The number of carboxylic acids is 1. The van der Waals surface area contributed by atoms with Gasteiger partial charge in [0.05, 0.1) is 18.1 Å². The van der Waals surface area contributed by atoms with E-state index < -0.39 is 20.3 Å². The van der Waals surface area contributed by atoms with E-state index in [1.165, 1.54) is 5.57 Å². The summed E-state index contributed by atoms with van der Waals surface area (Å²) >= 11 is 1.63. The van der Waals surface area contributed by atoms with Crippen LogP contribution in [0, 0.1) is 11.8 Å². The SMILES string of the molecule is C/C=C(\C)[C@@H](O[Si](C)(C)C(C)(C)C)[C@@H](C)[C@H](C/C=C(\C)C(=O)CC(C)C[C@@H](N)C(=O)O)OCSC. The van der Waals surface area contributed by atoms with Gasteiger partial charge in [-0.1, -0.05) is 46.8 Å². The van der Waals surface area contributed by atoms with Gasteiger partial charge in [0.1, 0.15) is 6.04 Å². The Kier molecular flexibility index (Phi) is 14.9. The van der Waals surface area contributed by atoms with E-state index in [9.17, 15) is 9.59 Å². The molecule has 5 atom stereocenters. The van der Waals surface area contributed by atoms with Crippen molar-refractivity contribution >= 4 is 31.8 Å². The van der Waals surface area contributed by atoms with Crippen molar-refractivity contribution in [2.75, 3.05) is 12.2 Å². The fourth-order valence-electron chi connectivity index (χ4n) is 3.56. The minimum atomic E-state index is -2.01. The number of nitrogens with two attached hydrogens (primary N) is 1. The molecule has 0 spiro atoms. The van der Waals surface area contributed by atoms with Crippen molar-refractivity contribution in [3.05, 3.63) is 23.3 Å². The highest BCUT2D eigenvalue weighted by molar-refractivity contribution is 7.98. The van der Waals surface area contributed by atoms with Gasteiger partial charge in [0, 0.05) is 12.3 Å². The second kappa shape index (κ2) is 15.3. The Morgan fingerprint density at radius 3 is 2.20 bits per heavy atom. The average molecular weight is 530 g/mol. The molecule has 0 aliphatic carbocycles. The zero-order valence-electron chi connectivity index (χ0n) is 23.9. The Labute approximate surface area is 219 Å². The fourth-order valence-corrected chi connectivity index (χ4v) is 5.26. The number of carbonyl (C=O) groups is 2. The van der Waals surface area contributed by atoms with Crippen molar-refractivity contribution in [1.29, 1.82) is 0 Å². The van der Waals surface area contributed by atoms with E-state index in [0.717, 1.165) is 0 Å². The molecule has 0 bridgehead atoms. The summed E-state index contributed by atoms with van der Waals surface area (Å²) in [7, 11) is -2.01. The van der Waals surface area contributed by atoms with Crippen LogP contribution in [0.15, 0.2) is 23.3 Å². The van der Waals surface area contributed by atoms with Gasteiger partial charge in [0.15, 0.2) is 14.1 Å². The molecule has 0 aromatic carbocycles. The zero-order valence-corrected chi connectivity index (χ0v) is 25.8. The fraction of sp³-hybridized carbons (Fsp3) is 0.778. The van der Waals surface area contributed by atoms with Crippen LogP contribution in [0.4, 0.5) is 0 Å². The molecule has 0 heterocycles. The summed E-state index contributed by atoms with van der Waals surface area (Å²) in [5.41, 5.74) is 7.50. The van der Waals surface area contributed by atoms with Crippen LogP contribution in [0.3, 0.4) is 0 Å². The third-order valence-corrected chi connectivity index (χ3v) is 12.0. The van der Waals surface area contributed by atoms with Crippen LogP contribution >= 0.6 is 11.8 Å². The van der Waals surface area contributed by atoms with E-state index in [-0.39, 0.29) is 47.7 Å². The predicted molar refractivity (Wildman–Crippen MR) is 151 cm³/mol. The molecule has 0 radical (unpaired) electrons. The summed E-state index contributed by atoms with van der Waals surface area (Å²) in [6, 6.07) is -0.944. The van der Waals surface area contributed by atoms with Crippen molar-refractivity contribution < 1.29 is 23.9 Å². The largest absolute Gasteiger partial charge is 0.480 e. The van der Waals surface area contributed by atoms with Gasteiger partial charge < -0.3 is 20.0 Å². The lowest BCUT2D eigenvalue weighted by Crippen LogP contribution is -2.47. The number of hydrogen-bond donors (Lipinski definition) is 2. The van der Waals surface area contributed by atoms with Gasteiger partial charge in [-0.05, 0) is 75.1 Å². The van der Waals surface area contributed by atoms with Crippen molar-refractivity contribution in [2.45, 2.75) is 111 Å². The molecule has 0 saturated heterocycles. The van der Waals surface area contributed by atoms with E-state index in [2.05, 4.69) is 53.8 Å². The summed E-state index contributed by atoms with van der Waals surface area (Å²) in [5, 5.41) is 9.10. The minimum Gasteiger partial charge on any atom is -0.480 e. The Bertz CT molecular complexity index is 744. The number of rotatable bonds is 16. The molecule has 0 aliphatic rings. The van der Waals surface area contributed by atoms with Crippen molar-refractivity contribution in [1.82, 2.24) is 0 Å². The van der Waals surface area contributed by atoms with Crippen LogP contribution in [0.1, 0.15) is 74.7 Å². The Morgan fingerprint density at radius 1 is 1.17 bits per heavy atom. The summed E-state index contributed by atoms with van der Waals surface area (Å²) in [5.74, 6) is -0.449. The average Bonchev–Trinajstić information content (AvgIpc) is 2.75. The van der Waals surface area contributed by atoms with Gasteiger partial charge >= 0.3 is 5.97 Å². The van der Waals surface area contributed by atoms with Crippen LogP contribution in [-0.2, 0) is 18.8 Å². The van der Waals surface area contributed by atoms with Crippen LogP contribution < -0.4 is 5.73 Å². The van der Waals surface area contributed by atoms with Gasteiger partial charge in [-0.3, -0.25) is 9.59 Å². The second-order valence-electron chi connectivity index (χ2n) is 11.3. The molecule has 0 aromatic rings. The Hall–Kier alpha value is -0.933. The van der Waals surface area contributed by atoms with Crippen LogP contribution in [0.5, 0.6) is 0 Å². The van der Waals surface area contributed by atoms with Gasteiger partial charge in [-0.15, -0.1) is 11.8 Å². The van der Waals surface area contributed by atoms with Crippen molar-refractivity contribution in [3.8, 4) is 0 Å². The third kappa shape index (κ3) is 11.8.